The Bertz CT molecular complexity index is 757. The molecule has 3 rings (SSSR count). The first-order chi connectivity index (χ1) is 10.1. The van der Waals surface area contributed by atoms with Gasteiger partial charge in [0.2, 0.25) is 0 Å². The van der Waals surface area contributed by atoms with Crippen LogP contribution in [0.1, 0.15) is 17.4 Å². The van der Waals surface area contributed by atoms with Crippen LogP contribution in [0, 0.1) is 0 Å². The number of aromatic hydroxyl groups is 1. The van der Waals surface area contributed by atoms with Gasteiger partial charge in [-0.15, -0.1) is 11.8 Å². The van der Waals surface area contributed by atoms with Gasteiger partial charge in [-0.25, -0.2) is 4.79 Å². The fourth-order valence-corrected chi connectivity index (χ4v) is 3.64. The molecule has 1 aliphatic heterocycles. The summed E-state index contributed by atoms with van der Waals surface area (Å²) in [4.78, 5) is 22.6. The van der Waals surface area contributed by atoms with Gasteiger partial charge in [-0.2, -0.15) is 0 Å². The Hall–Kier alpha value is -1.99. The molecule has 6 nitrogen and oxygen atoms in total. The maximum atomic E-state index is 11.4. The molecule has 21 heavy (non-hydrogen) atoms. The number of hydrogen-bond acceptors (Lipinski definition) is 6. The molecular weight excluding hydrogens is 294 g/mol. The van der Waals surface area contributed by atoms with E-state index >= 15 is 0 Å². The van der Waals surface area contributed by atoms with E-state index in [2.05, 4.69) is 5.32 Å². The normalized spacial score (nSPS) is 22.3. The minimum absolute atomic E-state index is 0.0205. The van der Waals surface area contributed by atoms with Crippen LogP contribution in [0.5, 0.6) is 5.75 Å². The quantitative estimate of drug-likeness (QED) is 0.726. The monoisotopic (exact) mass is 307 g/mol. The molecule has 2 heterocycles. The second kappa shape index (κ2) is 5.42. The number of phenols is 1. The van der Waals surface area contributed by atoms with Crippen molar-refractivity contribution in [3.8, 4) is 5.75 Å². The highest BCUT2D eigenvalue weighted by Crippen LogP contribution is 2.40. The van der Waals surface area contributed by atoms with E-state index in [1.165, 1.54) is 23.9 Å². The second-order valence-corrected chi connectivity index (χ2v) is 5.98. The summed E-state index contributed by atoms with van der Waals surface area (Å²) in [5.41, 5.74) is 0.199. The Morgan fingerprint density at radius 2 is 2.10 bits per heavy atom. The Kier molecular flexibility index (Phi) is 3.60. The number of benzene rings is 1. The smallest absolute Gasteiger partial charge is 0.336 e. The van der Waals surface area contributed by atoms with Crippen molar-refractivity contribution in [3.63, 3.8) is 0 Å². The molecule has 0 radical (unpaired) electrons. The number of aliphatic carboxylic acids is 1. The van der Waals surface area contributed by atoms with Gasteiger partial charge in [-0.1, -0.05) is 0 Å². The summed E-state index contributed by atoms with van der Waals surface area (Å²) in [6.45, 7) is 0. The van der Waals surface area contributed by atoms with E-state index in [0.29, 0.717) is 28.7 Å². The lowest BCUT2D eigenvalue weighted by Crippen LogP contribution is -2.41. The van der Waals surface area contributed by atoms with E-state index in [9.17, 15) is 14.7 Å². The fourth-order valence-electron chi connectivity index (χ4n) is 2.38. The van der Waals surface area contributed by atoms with Crippen molar-refractivity contribution in [1.29, 1.82) is 0 Å². The van der Waals surface area contributed by atoms with Gasteiger partial charge in [0.25, 0.3) is 0 Å². The predicted octanol–water partition coefficient (Wildman–Crippen LogP) is 1.68. The summed E-state index contributed by atoms with van der Waals surface area (Å²) >= 11 is 1.48. The van der Waals surface area contributed by atoms with Crippen LogP contribution in [0.4, 0.5) is 0 Å². The molecule has 7 heteroatoms. The average Bonchev–Trinajstić information content (AvgIpc) is 2.47. The highest BCUT2D eigenvalue weighted by Gasteiger charge is 2.30. The first-order valence-corrected chi connectivity index (χ1v) is 7.47. The van der Waals surface area contributed by atoms with Crippen LogP contribution in [0.2, 0.25) is 0 Å². The number of carboxylic acids is 1. The molecule has 0 bridgehead atoms. The number of thioether (sulfide) groups is 1. The Balaban J connectivity index is 2.10. The molecule has 1 aromatic carbocycles. The zero-order valence-electron chi connectivity index (χ0n) is 10.9. The van der Waals surface area contributed by atoms with Crippen molar-refractivity contribution in [3.05, 3.63) is 40.2 Å². The number of fused-ring (bicyclic) bond motifs is 1. The Morgan fingerprint density at radius 3 is 2.86 bits per heavy atom. The molecule has 0 aliphatic carbocycles. The van der Waals surface area contributed by atoms with Crippen LogP contribution in [-0.2, 0) is 4.79 Å². The molecule has 1 fully saturated rings. The molecule has 0 spiro atoms. The van der Waals surface area contributed by atoms with Crippen molar-refractivity contribution in [2.45, 2.75) is 17.8 Å². The third kappa shape index (κ3) is 2.62. The van der Waals surface area contributed by atoms with E-state index in [1.54, 1.807) is 12.1 Å². The van der Waals surface area contributed by atoms with E-state index in [4.69, 9.17) is 9.52 Å². The number of carboxylic acid groups (broad SMARTS) is 1. The first-order valence-electron chi connectivity index (χ1n) is 6.42. The van der Waals surface area contributed by atoms with Crippen molar-refractivity contribution in [1.82, 2.24) is 5.32 Å². The lowest BCUT2D eigenvalue weighted by Gasteiger charge is -2.29. The Labute approximate surface area is 123 Å². The zero-order valence-corrected chi connectivity index (χ0v) is 11.7. The number of phenolic OH excluding ortho intramolecular Hbond substituents is 1. The summed E-state index contributed by atoms with van der Waals surface area (Å²) in [5.74, 6) is -0.309. The molecule has 1 aromatic heterocycles. The first kappa shape index (κ1) is 14.0. The van der Waals surface area contributed by atoms with Gasteiger partial charge in [0.1, 0.15) is 17.4 Å². The minimum Gasteiger partial charge on any atom is -0.507 e. The molecule has 3 N–H and O–H groups in total. The topological polar surface area (TPSA) is 99.8 Å². The van der Waals surface area contributed by atoms with Gasteiger partial charge in [0.15, 0.2) is 0 Å². The lowest BCUT2D eigenvalue weighted by molar-refractivity contribution is -0.139. The summed E-state index contributed by atoms with van der Waals surface area (Å²) in [6, 6.07) is 5.42. The summed E-state index contributed by atoms with van der Waals surface area (Å²) < 4.78 is 5.21. The highest BCUT2D eigenvalue weighted by atomic mass is 32.2. The molecule has 1 saturated heterocycles. The van der Waals surface area contributed by atoms with Crippen LogP contribution in [-0.4, -0.2) is 28.0 Å². The van der Waals surface area contributed by atoms with Gasteiger partial charge >= 0.3 is 11.6 Å². The largest absolute Gasteiger partial charge is 0.507 e. The van der Waals surface area contributed by atoms with E-state index in [0.717, 1.165) is 0 Å². The van der Waals surface area contributed by atoms with Crippen molar-refractivity contribution in [2.24, 2.45) is 0 Å². The highest BCUT2D eigenvalue weighted by molar-refractivity contribution is 7.99. The molecule has 0 amide bonds. The minimum atomic E-state index is -0.929. The third-order valence-electron chi connectivity index (χ3n) is 3.41. The number of nitrogens with one attached hydrogen (secondary N) is 1. The van der Waals surface area contributed by atoms with Crippen LogP contribution < -0.4 is 10.9 Å². The lowest BCUT2D eigenvalue weighted by atomic mass is 10.1. The molecule has 2 unspecified atom stereocenters. The molecular formula is C14H13NO5S. The van der Waals surface area contributed by atoms with Crippen molar-refractivity contribution < 1.29 is 19.4 Å². The maximum Gasteiger partial charge on any atom is 0.336 e. The SMILES string of the molecule is O=C(O)C1CCSC(c2c(O)ccc3ccc(=O)oc23)N1. The molecule has 110 valence electrons. The number of carbonyl (C=O) groups is 1. The van der Waals surface area contributed by atoms with Crippen LogP contribution >= 0.6 is 11.8 Å². The van der Waals surface area contributed by atoms with Gasteiger partial charge in [-0.05, 0) is 30.4 Å². The Morgan fingerprint density at radius 1 is 1.33 bits per heavy atom. The third-order valence-corrected chi connectivity index (χ3v) is 4.59. The van der Waals surface area contributed by atoms with E-state index in [1.807, 2.05) is 0 Å². The van der Waals surface area contributed by atoms with E-state index < -0.39 is 23.0 Å². The van der Waals surface area contributed by atoms with E-state index in [-0.39, 0.29) is 5.75 Å². The van der Waals surface area contributed by atoms with Crippen LogP contribution in [0.3, 0.4) is 0 Å². The second-order valence-electron chi connectivity index (χ2n) is 4.77. The zero-order chi connectivity index (χ0) is 15.0. The van der Waals surface area contributed by atoms with Gasteiger partial charge in [-0.3, -0.25) is 10.1 Å². The molecule has 2 atom stereocenters. The van der Waals surface area contributed by atoms with Crippen molar-refractivity contribution >= 4 is 28.7 Å². The van der Waals surface area contributed by atoms with Gasteiger partial charge < -0.3 is 14.6 Å². The van der Waals surface area contributed by atoms with Gasteiger partial charge in [0.05, 0.1) is 10.9 Å². The predicted molar refractivity (Wildman–Crippen MR) is 78.5 cm³/mol. The fraction of sp³-hybridized carbons (Fsp3) is 0.286. The van der Waals surface area contributed by atoms with Gasteiger partial charge in [0, 0.05) is 11.5 Å². The number of rotatable bonds is 2. The summed E-state index contributed by atoms with van der Waals surface area (Å²) in [6.07, 6.45) is 0.506. The maximum absolute atomic E-state index is 11.4. The molecule has 0 saturated carbocycles. The van der Waals surface area contributed by atoms with Crippen LogP contribution in [0.25, 0.3) is 11.0 Å². The van der Waals surface area contributed by atoms with Crippen LogP contribution in [0.15, 0.2) is 33.5 Å². The standard InChI is InChI=1S/C14H13NO5S/c16-9-3-1-7-2-4-10(17)20-12(7)11(9)13-15-8(14(18)19)5-6-21-13/h1-4,8,13,15-16H,5-6H2,(H,18,19). The summed E-state index contributed by atoms with van der Waals surface area (Å²) in [5, 5.41) is 22.4. The van der Waals surface area contributed by atoms with Crippen molar-refractivity contribution in [2.75, 3.05) is 5.75 Å². The average molecular weight is 307 g/mol. The number of hydrogen-bond donors (Lipinski definition) is 3. The molecule has 1 aliphatic rings. The molecule has 2 aromatic rings. The summed E-state index contributed by atoms with van der Waals surface area (Å²) in [7, 11) is 0.